The maximum atomic E-state index is 11.8. The van der Waals surface area contributed by atoms with Crippen molar-refractivity contribution in [3.8, 4) is 17.3 Å². The van der Waals surface area contributed by atoms with Crippen LogP contribution in [-0.4, -0.2) is 53.3 Å². The second-order valence-electron chi connectivity index (χ2n) is 8.26. The zero-order valence-corrected chi connectivity index (χ0v) is 18.8. The molecule has 1 fully saturated rings. The third kappa shape index (κ3) is 4.31. The third-order valence-corrected chi connectivity index (χ3v) is 6.15. The van der Waals surface area contributed by atoms with Crippen LogP contribution in [0.1, 0.15) is 20.8 Å². The van der Waals surface area contributed by atoms with E-state index in [1.807, 2.05) is 24.3 Å². The van der Waals surface area contributed by atoms with Crippen molar-refractivity contribution in [1.29, 1.82) is 0 Å². The zero-order chi connectivity index (χ0) is 22.9. The molecule has 10 heteroatoms. The lowest BCUT2D eigenvalue weighted by molar-refractivity contribution is -0.130. The first-order valence-electron chi connectivity index (χ1n) is 10.3. The molecule has 3 heterocycles. The number of nitrogens with zero attached hydrogens (tertiary/aromatic N) is 4. The van der Waals surface area contributed by atoms with Crippen molar-refractivity contribution < 1.29 is 14.3 Å². The van der Waals surface area contributed by atoms with E-state index < -0.39 is 17.4 Å². The highest BCUT2D eigenvalue weighted by atomic mass is 35.5. The summed E-state index contributed by atoms with van der Waals surface area (Å²) in [5.41, 5.74) is 2.54. The number of morpholine rings is 1. The Bertz CT molecular complexity index is 1140. The minimum atomic E-state index is -1.10. The summed E-state index contributed by atoms with van der Waals surface area (Å²) in [6.07, 6.45) is -0.643. The molecule has 0 bridgehead atoms. The van der Waals surface area contributed by atoms with Gasteiger partial charge >= 0.3 is 0 Å². The summed E-state index contributed by atoms with van der Waals surface area (Å²) in [6, 6.07) is 9.98. The first kappa shape index (κ1) is 22.2. The van der Waals surface area contributed by atoms with E-state index in [0.717, 1.165) is 37.6 Å². The fourth-order valence-electron chi connectivity index (χ4n) is 3.41. The SMILES string of the molecule is CC(Oc1nc2nc(-c3ccc(N4CCOCC4)cc3)c(Cl)cc2[nH]1)C(C)(C)C(=O)N=O. The van der Waals surface area contributed by atoms with Gasteiger partial charge in [0.15, 0.2) is 5.65 Å². The minimum absolute atomic E-state index is 0.183. The maximum absolute atomic E-state index is 11.8. The Morgan fingerprint density at radius 1 is 1.25 bits per heavy atom. The van der Waals surface area contributed by atoms with Gasteiger partial charge in [0.2, 0.25) is 0 Å². The van der Waals surface area contributed by atoms with Gasteiger partial charge in [0.1, 0.15) is 6.10 Å². The summed E-state index contributed by atoms with van der Waals surface area (Å²) in [6.45, 7) is 8.05. The summed E-state index contributed by atoms with van der Waals surface area (Å²) >= 11 is 6.50. The Labute approximate surface area is 190 Å². The molecular formula is C22H24ClN5O4. The lowest BCUT2D eigenvalue weighted by Crippen LogP contribution is -2.38. The number of carbonyl (C=O) groups is 1. The highest BCUT2D eigenvalue weighted by Gasteiger charge is 2.37. The predicted molar refractivity (Wildman–Crippen MR) is 122 cm³/mol. The number of nitrogens with one attached hydrogen (secondary N) is 1. The van der Waals surface area contributed by atoms with E-state index in [-0.39, 0.29) is 6.01 Å². The van der Waals surface area contributed by atoms with Crippen LogP contribution in [0.2, 0.25) is 5.02 Å². The Hall–Kier alpha value is -3.04. The number of anilines is 1. The number of benzene rings is 1. The number of H-pyrrole nitrogens is 1. The number of aromatic nitrogens is 3. The van der Waals surface area contributed by atoms with Crippen molar-refractivity contribution in [3.05, 3.63) is 40.3 Å². The molecule has 1 amide bonds. The number of carbonyl (C=O) groups excluding carboxylic acids is 1. The first-order valence-corrected chi connectivity index (χ1v) is 10.7. The first-order chi connectivity index (χ1) is 15.3. The van der Waals surface area contributed by atoms with Crippen LogP contribution in [0, 0.1) is 10.3 Å². The van der Waals surface area contributed by atoms with Crippen molar-refractivity contribution in [2.24, 2.45) is 10.6 Å². The van der Waals surface area contributed by atoms with E-state index in [0.29, 0.717) is 21.9 Å². The molecular weight excluding hydrogens is 434 g/mol. The molecule has 168 valence electrons. The Balaban J connectivity index is 1.57. The molecule has 1 aliphatic heterocycles. The van der Waals surface area contributed by atoms with Gasteiger partial charge < -0.3 is 19.4 Å². The quantitative estimate of drug-likeness (QED) is 0.552. The molecule has 9 nitrogen and oxygen atoms in total. The van der Waals surface area contributed by atoms with Crippen LogP contribution in [0.3, 0.4) is 0 Å². The van der Waals surface area contributed by atoms with Gasteiger partial charge in [0.05, 0.1) is 34.9 Å². The lowest BCUT2D eigenvalue weighted by Gasteiger charge is -2.28. The van der Waals surface area contributed by atoms with Crippen molar-refractivity contribution in [2.45, 2.75) is 26.9 Å². The van der Waals surface area contributed by atoms with Gasteiger partial charge in [-0.15, -0.1) is 4.91 Å². The Kier molecular flexibility index (Phi) is 6.12. The second-order valence-corrected chi connectivity index (χ2v) is 8.66. The van der Waals surface area contributed by atoms with Crippen LogP contribution >= 0.6 is 11.6 Å². The van der Waals surface area contributed by atoms with Crippen LogP contribution in [0.15, 0.2) is 35.5 Å². The fourth-order valence-corrected chi connectivity index (χ4v) is 3.67. The Morgan fingerprint density at radius 3 is 2.59 bits per heavy atom. The van der Waals surface area contributed by atoms with Gasteiger partial charge in [-0.3, -0.25) is 4.79 Å². The molecule has 1 atom stereocenters. The number of nitroso groups, excluding NO2 is 1. The smallest absolute Gasteiger partial charge is 0.296 e. The number of hydrogen-bond acceptors (Lipinski definition) is 7. The number of pyridine rings is 1. The lowest BCUT2D eigenvalue weighted by atomic mass is 9.87. The molecule has 4 rings (SSSR count). The van der Waals surface area contributed by atoms with Gasteiger partial charge in [-0.05, 0) is 39.0 Å². The summed E-state index contributed by atoms with van der Waals surface area (Å²) < 4.78 is 11.2. The molecule has 1 aliphatic rings. The van der Waals surface area contributed by atoms with Crippen LogP contribution < -0.4 is 9.64 Å². The van der Waals surface area contributed by atoms with Crippen LogP contribution in [0.4, 0.5) is 5.69 Å². The van der Waals surface area contributed by atoms with E-state index in [2.05, 4.69) is 25.0 Å². The van der Waals surface area contributed by atoms with E-state index in [9.17, 15) is 9.70 Å². The van der Waals surface area contributed by atoms with E-state index in [1.165, 1.54) is 0 Å². The van der Waals surface area contributed by atoms with Crippen molar-refractivity contribution >= 4 is 34.4 Å². The minimum Gasteiger partial charge on any atom is -0.461 e. The standard InChI is InChI=1S/C22H24ClN5O4/c1-13(22(2,3)20(29)27-30)32-21-24-17-12-16(23)18(25-19(17)26-21)14-4-6-15(7-5-14)28-8-10-31-11-9-28/h4-7,12-13H,8-11H2,1-3H3,(H,24,25,26). The highest BCUT2D eigenvalue weighted by Crippen LogP contribution is 2.32. The molecule has 1 N–H and O–H groups in total. The zero-order valence-electron chi connectivity index (χ0n) is 18.1. The molecule has 0 spiro atoms. The molecule has 1 unspecified atom stereocenters. The summed E-state index contributed by atoms with van der Waals surface area (Å²) in [7, 11) is 0. The van der Waals surface area contributed by atoms with Gasteiger partial charge in [-0.2, -0.15) is 4.98 Å². The number of amides is 1. The fraction of sp³-hybridized carbons (Fsp3) is 0.409. The van der Waals surface area contributed by atoms with Crippen molar-refractivity contribution in [2.75, 3.05) is 31.2 Å². The largest absolute Gasteiger partial charge is 0.461 e. The van der Waals surface area contributed by atoms with E-state index in [4.69, 9.17) is 21.1 Å². The molecule has 0 saturated carbocycles. The second kappa shape index (κ2) is 8.84. The van der Waals surface area contributed by atoms with Crippen LogP contribution in [0.5, 0.6) is 6.01 Å². The summed E-state index contributed by atoms with van der Waals surface area (Å²) in [4.78, 5) is 36.7. The van der Waals surface area contributed by atoms with E-state index in [1.54, 1.807) is 26.8 Å². The number of rotatable bonds is 6. The van der Waals surface area contributed by atoms with Gasteiger partial charge in [0, 0.05) is 29.5 Å². The van der Waals surface area contributed by atoms with Gasteiger partial charge in [-0.1, -0.05) is 23.7 Å². The maximum Gasteiger partial charge on any atom is 0.296 e. The van der Waals surface area contributed by atoms with Crippen molar-refractivity contribution in [1.82, 2.24) is 15.0 Å². The number of aromatic amines is 1. The van der Waals surface area contributed by atoms with E-state index >= 15 is 0 Å². The average Bonchev–Trinajstić information content (AvgIpc) is 3.19. The number of ether oxygens (including phenoxy) is 2. The number of hydrogen-bond donors (Lipinski definition) is 1. The number of halogens is 1. The van der Waals surface area contributed by atoms with Gasteiger partial charge in [0.25, 0.3) is 11.9 Å². The molecule has 3 aromatic rings. The molecule has 1 aromatic carbocycles. The normalized spacial score (nSPS) is 15.6. The Morgan fingerprint density at radius 2 is 1.94 bits per heavy atom. The van der Waals surface area contributed by atoms with Gasteiger partial charge in [-0.25, -0.2) is 4.98 Å². The molecule has 2 aromatic heterocycles. The average molecular weight is 458 g/mol. The predicted octanol–water partition coefficient (Wildman–Crippen LogP) is 4.20. The highest BCUT2D eigenvalue weighted by molar-refractivity contribution is 6.33. The molecule has 1 saturated heterocycles. The molecule has 32 heavy (non-hydrogen) atoms. The molecule has 0 aliphatic carbocycles. The summed E-state index contributed by atoms with van der Waals surface area (Å²) in [5, 5.41) is 2.99. The van der Waals surface area contributed by atoms with Crippen LogP contribution in [-0.2, 0) is 9.53 Å². The van der Waals surface area contributed by atoms with Crippen molar-refractivity contribution in [3.63, 3.8) is 0 Å². The monoisotopic (exact) mass is 457 g/mol. The van der Waals surface area contributed by atoms with Crippen LogP contribution in [0.25, 0.3) is 22.4 Å². The third-order valence-electron chi connectivity index (χ3n) is 5.86. The summed E-state index contributed by atoms with van der Waals surface area (Å²) in [5.74, 6) is -0.787. The molecule has 0 radical (unpaired) electrons. The number of fused-ring (bicyclic) bond motifs is 1. The number of imidazole rings is 1. The topological polar surface area (TPSA) is 110 Å².